The van der Waals surface area contributed by atoms with E-state index in [1.807, 2.05) is 0 Å². The summed E-state index contributed by atoms with van der Waals surface area (Å²) in [7, 11) is 0. The van der Waals surface area contributed by atoms with Crippen LogP contribution in [-0.4, -0.2) is 55.5 Å². The van der Waals surface area contributed by atoms with E-state index in [1.165, 1.54) is 64.2 Å². The van der Waals surface area contributed by atoms with Crippen LogP contribution in [0.3, 0.4) is 0 Å². The van der Waals surface area contributed by atoms with Crippen molar-refractivity contribution in [3.05, 3.63) is 0 Å². The molecule has 0 aromatic heterocycles. The highest BCUT2D eigenvalue weighted by Gasteiger charge is 2.70. The second-order valence-corrected chi connectivity index (χ2v) is 15.9. The Morgan fingerprint density at radius 2 is 1.77 bits per heavy atom. The third kappa shape index (κ3) is 4.86. The summed E-state index contributed by atoms with van der Waals surface area (Å²) in [6.07, 6.45) is 14.3. The summed E-state index contributed by atoms with van der Waals surface area (Å²) < 4.78 is 19.3. The fourth-order valence-corrected chi connectivity index (χ4v) is 10.8. The molecule has 5 heteroatoms. The van der Waals surface area contributed by atoms with Crippen LogP contribution in [0.1, 0.15) is 112 Å². The van der Waals surface area contributed by atoms with Gasteiger partial charge < -0.3 is 24.6 Å². The zero-order valence-electron chi connectivity index (χ0n) is 25.9. The zero-order chi connectivity index (χ0) is 27.6. The highest BCUT2D eigenvalue weighted by atomic mass is 16.7. The third-order valence-electron chi connectivity index (χ3n) is 13.9. The van der Waals surface area contributed by atoms with Crippen LogP contribution in [0.2, 0.25) is 0 Å². The van der Waals surface area contributed by atoms with Crippen molar-refractivity contribution < 1.29 is 19.3 Å². The molecular formula is C34H59NO4. The van der Waals surface area contributed by atoms with E-state index in [1.54, 1.807) is 0 Å². The maximum absolute atomic E-state index is 12.2. The lowest BCUT2D eigenvalue weighted by Gasteiger charge is -2.55. The van der Waals surface area contributed by atoms with Crippen LogP contribution < -0.4 is 5.32 Å². The van der Waals surface area contributed by atoms with E-state index in [4.69, 9.17) is 14.2 Å². The number of ether oxygens (including phenoxy) is 3. The van der Waals surface area contributed by atoms with Crippen LogP contribution in [0.4, 0.5) is 0 Å². The van der Waals surface area contributed by atoms with Gasteiger partial charge in [0.05, 0.1) is 31.0 Å². The maximum Gasteiger partial charge on any atom is 0.170 e. The van der Waals surface area contributed by atoms with Crippen LogP contribution in [0.25, 0.3) is 0 Å². The zero-order valence-corrected chi connectivity index (χ0v) is 25.9. The number of aliphatic hydroxyl groups is 1. The van der Waals surface area contributed by atoms with E-state index in [0.29, 0.717) is 41.1 Å². The fourth-order valence-electron chi connectivity index (χ4n) is 10.8. The van der Waals surface area contributed by atoms with E-state index in [0.717, 1.165) is 32.0 Å². The van der Waals surface area contributed by atoms with E-state index < -0.39 is 0 Å². The quantitative estimate of drug-likeness (QED) is 0.379. The lowest BCUT2D eigenvalue weighted by Crippen LogP contribution is -2.51. The molecule has 0 bridgehead atoms. The largest absolute Gasteiger partial charge is 0.390 e. The Kier molecular flexibility index (Phi) is 8.01. The number of rotatable bonds is 7. The summed E-state index contributed by atoms with van der Waals surface area (Å²) in [4.78, 5) is 0. The first-order chi connectivity index (χ1) is 18.6. The Labute approximate surface area is 238 Å². The molecule has 5 nitrogen and oxygen atoms in total. The number of morpholine rings is 1. The molecule has 0 radical (unpaired) electrons. The average molecular weight is 546 g/mol. The normalized spacial score (nSPS) is 50.0. The molecule has 4 saturated carbocycles. The van der Waals surface area contributed by atoms with Gasteiger partial charge in [-0.1, -0.05) is 48.0 Å². The molecule has 2 heterocycles. The average Bonchev–Trinajstić information content (AvgIpc) is 3.67. The van der Waals surface area contributed by atoms with Crippen molar-refractivity contribution in [2.24, 2.45) is 51.8 Å². The molecule has 39 heavy (non-hydrogen) atoms. The number of nitrogens with one attached hydrogen (secondary N) is 1. The van der Waals surface area contributed by atoms with Gasteiger partial charge in [-0.25, -0.2) is 0 Å². The minimum Gasteiger partial charge on any atom is -0.390 e. The summed E-state index contributed by atoms with van der Waals surface area (Å²) >= 11 is 0. The van der Waals surface area contributed by atoms with Gasteiger partial charge in [0, 0.05) is 18.5 Å². The van der Waals surface area contributed by atoms with Gasteiger partial charge in [-0.3, -0.25) is 0 Å². The highest BCUT2D eigenvalue weighted by Crippen LogP contribution is 2.70. The maximum atomic E-state index is 12.2. The molecule has 2 aliphatic heterocycles. The van der Waals surface area contributed by atoms with Crippen molar-refractivity contribution >= 4 is 0 Å². The van der Waals surface area contributed by atoms with Crippen molar-refractivity contribution in [1.82, 2.24) is 5.32 Å². The SMILES string of the molecule is CC(C)C(C)C1C[C@@H](C)[C@H]2C(O1)[C@H](O)[C@@]1(C)C(CCC3CC(OC4CNCCO4)CCC34CC4)CCCC21C. The number of fused-ring (bicyclic) bond motifs is 3. The lowest BCUT2D eigenvalue weighted by atomic mass is 9.50. The molecule has 2 N–H and O–H groups in total. The molecule has 0 amide bonds. The molecule has 0 aromatic rings. The van der Waals surface area contributed by atoms with Crippen LogP contribution >= 0.6 is 0 Å². The van der Waals surface area contributed by atoms with Crippen LogP contribution in [0, 0.1) is 51.8 Å². The highest BCUT2D eigenvalue weighted by molar-refractivity contribution is 5.18. The van der Waals surface area contributed by atoms with Crippen LogP contribution in [0.15, 0.2) is 0 Å². The van der Waals surface area contributed by atoms with E-state index in [2.05, 4.69) is 46.9 Å². The minimum absolute atomic E-state index is 0.00175. The van der Waals surface area contributed by atoms with E-state index in [9.17, 15) is 5.11 Å². The number of aliphatic hydroxyl groups excluding tert-OH is 1. The molecule has 224 valence electrons. The molecule has 12 atom stereocenters. The van der Waals surface area contributed by atoms with Crippen molar-refractivity contribution in [3.63, 3.8) is 0 Å². The van der Waals surface area contributed by atoms with Gasteiger partial charge in [0.25, 0.3) is 0 Å². The first kappa shape index (κ1) is 28.9. The number of hydrogen-bond acceptors (Lipinski definition) is 5. The van der Waals surface area contributed by atoms with Gasteiger partial charge >= 0.3 is 0 Å². The molecule has 6 rings (SSSR count). The Morgan fingerprint density at radius 1 is 1.00 bits per heavy atom. The second-order valence-electron chi connectivity index (χ2n) is 15.9. The van der Waals surface area contributed by atoms with Crippen LogP contribution in [0.5, 0.6) is 0 Å². The van der Waals surface area contributed by atoms with Gasteiger partial charge in [-0.05, 0) is 111 Å². The summed E-state index contributed by atoms with van der Waals surface area (Å²) in [6, 6.07) is 0. The van der Waals surface area contributed by atoms with Crippen LogP contribution in [-0.2, 0) is 14.2 Å². The summed E-state index contributed by atoms with van der Waals surface area (Å²) in [5.41, 5.74) is 0.685. The van der Waals surface area contributed by atoms with Gasteiger partial charge in [0.2, 0.25) is 0 Å². The van der Waals surface area contributed by atoms with Gasteiger partial charge in [0.1, 0.15) is 0 Å². The van der Waals surface area contributed by atoms with Crippen molar-refractivity contribution in [1.29, 1.82) is 0 Å². The molecule has 1 spiro atoms. The van der Waals surface area contributed by atoms with Crippen molar-refractivity contribution in [3.8, 4) is 0 Å². The van der Waals surface area contributed by atoms with Crippen molar-refractivity contribution in [2.45, 2.75) is 143 Å². The van der Waals surface area contributed by atoms with E-state index in [-0.39, 0.29) is 35.4 Å². The monoisotopic (exact) mass is 545 g/mol. The van der Waals surface area contributed by atoms with Gasteiger partial charge in [-0.2, -0.15) is 0 Å². The Bertz CT molecular complexity index is 854. The minimum atomic E-state index is -0.351. The molecule has 8 unspecified atom stereocenters. The molecule has 2 saturated heterocycles. The first-order valence-corrected chi connectivity index (χ1v) is 16.9. The molecule has 6 fully saturated rings. The van der Waals surface area contributed by atoms with Gasteiger partial charge in [0.15, 0.2) is 6.29 Å². The molecule has 4 aliphatic carbocycles. The summed E-state index contributed by atoms with van der Waals surface area (Å²) in [6.45, 7) is 17.0. The summed E-state index contributed by atoms with van der Waals surface area (Å²) in [5.74, 6) is 3.57. The third-order valence-corrected chi connectivity index (χ3v) is 13.9. The molecular weight excluding hydrogens is 486 g/mol. The van der Waals surface area contributed by atoms with Gasteiger partial charge in [-0.15, -0.1) is 0 Å². The first-order valence-electron chi connectivity index (χ1n) is 16.9. The second kappa shape index (κ2) is 10.8. The van der Waals surface area contributed by atoms with Crippen molar-refractivity contribution in [2.75, 3.05) is 19.7 Å². The Morgan fingerprint density at radius 3 is 2.46 bits per heavy atom. The van der Waals surface area contributed by atoms with E-state index >= 15 is 0 Å². The fraction of sp³-hybridized carbons (Fsp3) is 1.00. The molecule has 6 aliphatic rings. The standard InChI is InChI=1S/C34H59NO4/c1-21(2)23(4)27-18-22(3)29-30(39-27)31(36)33(6)24(8-7-12-32(29,33)5)9-10-25-19-26(11-13-34(25)14-15-34)38-28-20-35-16-17-37-28/h21-31,35-36H,7-20H2,1-6H3/t22-,23?,24?,25?,26?,27?,28?,29+,30?,31+,32?,33-/m1/s1. The lowest BCUT2D eigenvalue weighted by molar-refractivity contribution is -0.191. The molecule has 0 aromatic carbocycles. The summed E-state index contributed by atoms with van der Waals surface area (Å²) in [5, 5.41) is 15.6. The number of hydrogen-bond donors (Lipinski definition) is 2. The Balaban J connectivity index is 1.16. The predicted octanol–water partition coefficient (Wildman–Crippen LogP) is 6.57. The smallest absolute Gasteiger partial charge is 0.170 e. The topological polar surface area (TPSA) is 60.0 Å². The predicted molar refractivity (Wildman–Crippen MR) is 155 cm³/mol. The Hall–Kier alpha value is -0.200.